The second-order valence-corrected chi connectivity index (χ2v) is 10.0. The van der Waals surface area contributed by atoms with Crippen LogP contribution in [0.5, 0.6) is 11.5 Å². The summed E-state index contributed by atoms with van der Waals surface area (Å²) in [6.45, 7) is 0.972. The molecule has 1 saturated heterocycles. The number of ether oxygens (including phenoxy) is 2. The van der Waals surface area contributed by atoms with Gasteiger partial charge in [-0.15, -0.1) is 0 Å². The number of nitrogens with zero attached hydrogens (tertiary/aromatic N) is 3. The SMILES string of the molecule is O=S(=O)(c1ccc(Br)cc1)N1CCC[C@@H](c2nc(-c3ccc4c(c3)OCO4)no2)C1. The van der Waals surface area contributed by atoms with E-state index < -0.39 is 10.0 Å². The number of piperidine rings is 1. The lowest BCUT2D eigenvalue weighted by atomic mass is 10.00. The first-order valence-electron chi connectivity index (χ1n) is 9.50. The minimum Gasteiger partial charge on any atom is -0.454 e. The molecule has 0 radical (unpaired) electrons. The molecule has 1 fully saturated rings. The van der Waals surface area contributed by atoms with E-state index in [1.54, 1.807) is 30.3 Å². The third-order valence-corrected chi connectivity index (χ3v) is 7.67. The van der Waals surface area contributed by atoms with Crippen molar-refractivity contribution in [1.29, 1.82) is 0 Å². The number of hydrogen-bond acceptors (Lipinski definition) is 7. The van der Waals surface area contributed by atoms with E-state index >= 15 is 0 Å². The molecule has 0 bridgehead atoms. The fourth-order valence-corrected chi connectivity index (χ4v) is 5.46. The zero-order valence-electron chi connectivity index (χ0n) is 15.8. The molecule has 2 aromatic carbocycles. The first-order chi connectivity index (χ1) is 14.5. The van der Waals surface area contributed by atoms with Gasteiger partial charge in [-0.3, -0.25) is 0 Å². The van der Waals surface area contributed by atoms with Crippen molar-refractivity contribution in [1.82, 2.24) is 14.4 Å². The van der Waals surface area contributed by atoms with Crippen LogP contribution >= 0.6 is 15.9 Å². The van der Waals surface area contributed by atoms with Crippen LogP contribution in [0, 0.1) is 0 Å². The predicted octanol–water partition coefficient (Wildman–Crippen LogP) is 3.80. The normalized spacial score (nSPS) is 19.2. The molecule has 1 aromatic heterocycles. The molecular weight excluding hydrogens is 474 g/mol. The van der Waals surface area contributed by atoms with Crippen molar-refractivity contribution < 1.29 is 22.4 Å². The van der Waals surface area contributed by atoms with Gasteiger partial charge in [0, 0.05) is 23.1 Å². The minimum atomic E-state index is -3.58. The van der Waals surface area contributed by atoms with E-state index in [4.69, 9.17) is 14.0 Å². The molecular formula is C20H18BrN3O5S. The Kier molecular flexibility index (Phi) is 5.00. The molecule has 0 spiro atoms. The average Bonchev–Trinajstić information content (AvgIpc) is 3.43. The molecule has 3 aromatic rings. The van der Waals surface area contributed by atoms with Gasteiger partial charge in [-0.1, -0.05) is 21.1 Å². The van der Waals surface area contributed by atoms with Gasteiger partial charge in [0.25, 0.3) is 0 Å². The highest BCUT2D eigenvalue weighted by molar-refractivity contribution is 9.10. The highest BCUT2D eigenvalue weighted by atomic mass is 79.9. The Morgan fingerprint density at radius 1 is 1.07 bits per heavy atom. The molecule has 5 rings (SSSR count). The first kappa shape index (κ1) is 19.5. The summed E-state index contributed by atoms with van der Waals surface area (Å²) >= 11 is 3.34. The van der Waals surface area contributed by atoms with E-state index in [9.17, 15) is 8.42 Å². The van der Waals surface area contributed by atoms with Crippen LogP contribution < -0.4 is 9.47 Å². The number of hydrogen-bond donors (Lipinski definition) is 0. The van der Waals surface area contributed by atoms with Gasteiger partial charge >= 0.3 is 0 Å². The van der Waals surface area contributed by atoms with Crippen molar-refractivity contribution in [3.8, 4) is 22.9 Å². The Morgan fingerprint density at radius 2 is 1.87 bits per heavy atom. The second-order valence-electron chi connectivity index (χ2n) is 7.18. The maximum Gasteiger partial charge on any atom is 0.243 e. The number of benzene rings is 2. The van der Waals surface area contributed by atoms with Crippen LogP contribution in [0.15, 0.2) is 56.4 Å². The van der Waals surface area contributed by atoms with Crippen LogP contribution in [-0.2, 0) is 10.0 Å². The van der Waals surface area contributed by atoms with E-state index in [2.05, 4.69) is 26.1 Å². The van der Waals surface area contributed by atoms with Crippen LogP contribution in [0.1, 0.15) is 24.7 Å². The van der Waals surface area contributed by atoms with Gasteiger partial charge in [0.15, 0.2) is 11.5 Å². The van der Waals surface area contributed by atoms with Gasteiger partial charge in [0.1, 0.15) is 0 Å². The fraction of sp³-hybridized carbons (Fsp3) is 0.300. The van der Waals surface area contributed by atoms with Crippen molar-refractivity contribution in [3.05, 3.63) is 52.8 Å². The first-order valence-corrected chi connectivity index (χ1v) is 11.7. The summed E-state index contributed by atoms with van der Waals surface area (Å²) in [6.07, 6.45) is 1.51. The van der Waals surface area contributed by atoms with Crippen LogP contribution in [0.25, 0.3) is 11.4 Å². The molecule has 156 valence electrons. The lowest BCUT2D eigenvalue weighted by Crippen LogP contribution is -2.39. The van der Waals surface area contributed by atoms with Crippen molar-refractivity contribution in [2.24, 2.45) is 0 Å². The Labute approximate surface area is 182 Å². The van der Waals surface area contributed by atoms with E-state index in [0.717, 1.165) is 22.9 Å². The smallest absolute Gasteiger partial charge is 0.243 e. The molecule has 10 heteroatoms. The number of aromatic nitrogens is 2. The highest BCUT2D eigenvalue weighted by Gasteiger charge is 2.33. The number of rotatable bonds is 4. The number of sulfonamides is 1. The Hall–Kier alpha value is -2.43. The summed E-state index contributed by atoms with van der Waals surface area (Å²) in [6, 6.07) is 12.1. The lowest BCUT2D eigenvalue weighted by Gasteiger charge is -2.30. The summed E-state index contributed by atoms with van der Waals surface area (Å²) in [5, 5.41) is 4.09. The molecule has 0 amide bonds. The Morgan fingerprint density at radius 3 is 2.70 bits per heavy atom. The quantitative estimate of drug-likeness (QED) is 0.547. The third-order valence-electron chi connectivity index (χ3n) is 5.26. The third kappa shape index (κ3) is 3.59. The Balaban J connectivity index is 1.36. The maximum absolute atomic E-state index is 13.0. The molecule has 2 aliphatic rings. The molecule has 30 heavy (non-hydrogen) atoms. The van der Waals surface area contributed by atoms with Gasteiger partial charge in [0.05, 0.1) is 10.8 Å². The van der Waals surface area contributed by atoms with Gasteiger partial charge in [-0.2, -0.15) is 9.29 Å². The fourth-order valence-electron chi connectivity index (χ4n) is 3.67. The minimum absolute atomic E-state index is 0.153. The van der Waals surface area contributed by atoms with E-state index in [-0.39, 0.29) is 17.6 Å². The van der Waals surface area contributed by atoms with E-state index in [1.165, 1.54) is 4.31 Å². The van der Waals surface area contributed by atoms with Crippen molar-refractivity contribution in [2.45, 2.75) is 23.7 Å². The second kappa shape index (κ2) is 7.68. The van der Waals surface area contributed by atoms with Crippen molar-refractivity contribution >= 4 is 26.0 Å². The maximum atomic E-state index is 13.0. The van der Waals surface area contributed by atoms with Gasteiger partial charge in [-0.05, 0) is 55.3 Å². The molecule has 0 saturated carbocycles. The standard InChI is InChI=1S/C20H18BrN3O5S/c21-15-4-6-16(7-5-15)30(25,26)24-9-1-2-14(11-24)20-22-19(23-29-20)13-3-8-17-18(10-13)28-12-27-17/h3-8,10,14H,1-2,9,11-12H2/t14-/m1/s1. The monoisotopic (exact) mass is 491 g/mol. The van der Waals surface area contributed by atoms with E-state index in [0.29, 0.717) is 36.3 Å². The van der Waals surface area contributed by atoms with Crippen LogP contribution in [0.3, 0.4) is 0 Å². The zero-order chi connectivity index (χ0) is 20.7. The number of fused-ring (bicyclic) bond motifs is 1. The van der Waals surface area contributed by atoms with Gasteiger partial charge < -0.3 is 14.0 Å². The van der Waals surface area contributed by atoms with Crippen LogP contribution in [0.4, 0.5) is 0 Å². The summed E-state index contributed by atoms with van der Waals surface area (Å²) < 4.78 is 44.6. The average molecular weight is 492 g/mol. The van der Waals surface area contributed by atoms with Crippen LogP contribution in [-0.4, -0.2) is 42.7 Å². The largest absolute Gasteiger partial charge is 0.454 e. The molecule has 0 unspecified atom stereocenters. The van der Waals surface area contributed by atoms with Crippen molar-refractivity contribution in [3.63, 3.8) is 0 Å². The van der Waals surface area contributed by atoms with Crippen molar-refractivity contribution in [2.75, 3.05) is 19.9 Å². The summed E-state index contributed by atoms with van der Waals surface area (Å²) in [4.78, 5) is 4.80. The number of halogens is 1. The highest BCUT2D eigenvalue weighted by Crippen LogP contribution is 2.36. The molecule has 0 aliphatic carbocycles. The molecule has 3 heterocycles. The molecule has 0 N–H and O–H groups in total. The van der Waals surface area contributed by atoms with E-state index in [1.807, 2.05) is 12.1 Å². The lowest BCUT2D eigenvalue weighted by molar-refractivity contribution is 0.174. The summed E-state index contributed by atoms with van der Waals surface area (Å²) in [7, 11) is -3.58. The topological polar surface area (TPSA) is 94.8 Å². The van der Waals surface area contributed by atoms with Gasteiger partial charge in [-0.25, -0.2) is 8.42 Å². The molecule has 2 aliphatic heterocycles. The summed E-state index contributed by atoms with van der Waals surface area (Å²) in [5.74, 6) is 2.06. The molecule has 8 nitrogen and oxygen atoms in total. The Bertz CT molecular complexity index is 1180. The zero-order valence-corrected chi connectivity index (χ0v) is 18.2. The van der Waals surface area contributed by atoms with Crippen LogP contribution in [0.2, 0.25) is 0 Å². The predicted molar refractivity (Wildman–Crippen MR) is 111 cm³/mol. The molecule has 1 atom stereocenters. The van der Waals surface area contributed by atoms with Gasteiger partial charge in [0.2, 0.25) is 28.5 Å². The summed E-state index contributed by atoms with van der Waals surface area (Å²) in [5.41, 5.74) is 0.754.